The van der Waals surface area contributed by atoms with Gasteiger partial charge in [0, 0.05) is 31.0 Å². The zero-order valence-electron chi connectivity index (χ0n) is 18.9. The number of nitrogens with zero attached hydrogens (tertiary/aromatic N) is 3. The van der Waals surface area contributed by atoms with Gasteiger partial charge < -0.3 is 16.8 Å². The summed E-state index contributed by atoms with van der Waals surface area (Å²) in [6.45, 7) is 7.24. The molecule has 1 aromatic carbocycles. The van der Waals surface area contributed by atoms with E-state index in [2.05, 4.69) is 29.2 Å². The van der Waals surface area contributed by atoms with Gasteiger partial charge in [-0.2, -0.15) is 18.3 Å². The van der Waals surface area contributed by atoms with Crippen molar-refractivity contribution in [2.75, 3.05) is 25.0 Å². The van der Waals surface area contributed by atoms with Crippen LogP contribution >= 0.6 is 0 Å². The van der Waals surface area contributed by atoms with E-state index in [9.17, 15) is 18.0 Å². The normalized spacial score (nSPS) is 25.5. The minimum absolute atomic E-state index is 0.0294. The SMILES string of the molecule is CC1(C)CN([C@@H]2CC[C@H](n3cc(C(N)=O)c(Nc4ccc(C(F)(F)F)cc4)n3)[C@@H](CN)C2)C1. The molecule has 1 aromatic heterocycles. The topological polar surface area (TPSA) is 102 Å². The predicted molar refractivity (Wildman–Crippen MR) is 120 cm³/mol. The van der Waals surface area contributed by atoms with Crippen LogP contribution in [0.15, 0.2) is 30.5 Å². The van der Waals surface area contributed by atoms with E-state index in [1.807, 2.05) is 0 Å². The van der Waals surface area contributed by atoms with E-state index >= 15 is 0 Å². The Kier molecular flexibility index (Phi) is 6.17. The minimum Gasteiger partial charge on any atom is -0.365 e. The van der Waals surface area contributed by atoms with Gasteiger partial charge in [0.05, 0.1) is 11.6 Å². The van der Waals surface area contributed by atoms with Crippen molar-refractivity contribution in [2.45, 2.75) is 51.4 Å². The first-order chi connectivity index (χ1) is 15.5. The second-order valence-corrected chi connectivity index (χ2v) is 10.0. The van der Waals surface area contributed by atoms with Gasteiger partial charge in [-0.15, -0.1) is 0 Å². The standard InChI is InChI=1S/C23H31F3N6O/c1-22(2)12-31(13-22)17-7-8-19(14(9-17)10-27)32-11-18(20(28)33)21(30-32)29-16-5-3-15(4-6-16)23(24,25)26/h3-6,11,14,17,19H,7-10,12-13,27H2,1-2H3,(H2,28,33)(H,29,30)/t14-,17-,19+/m1/s1. The van der Waals surface area contributed by atoms with Crippen molar-refractivity contribution in [3.05, 3.63) is 41.6 Å². The summed E-state index contributed by atoms with van der Waals surface area (Å²) in [4.78, 5) is 14.6. The molecule has 3 atom stereocenters. The Bertz CT molecular complexity index is 993. The molecule has 33 heavy (non-hydrogen) atoms. The fourth-order valence-corrected chi connectivity index (χ4v) is 5.18. The molecule has 1 aliphatic carbocycles. The number of anilines is 2. The highest BCUT2D eigenvalue weighted by molar-refractivity contribution is 5.98. The van der Waals surface area contributed by atoms with Crippen LogP contribution in [0.3, 0.4) is 0 Å². The molecular formula is C23H31F3N6O. The highest BCUT2D eigenvalue weighted by Crippen LogP contribution is 2.41. The van der Waals surface area contributed by atoms with Crippen LogP contribution < -0.4 is 16.8 Å². The fourth-order valence-electron chi connectivity index (χ4n) is 5.18. The average molecular weight is 465 g/mol. The van der Waals surface area contributed by atoms with E-state index in [0.29, 0.717) is 23.7 Å². The van der Waals surface area contributed by atoms with Gasteiger partial charge in [-0.3, -0.25) is 14.4 Å². The molecule has 2 heterocycles. The van der Waals surface area contributed by atoms with Crippen molar-refractivity contribution in [3.8, 4) is 0 Å². The van der Waals surface area contributed by atoms with Gasteiger partial charge in [-0.05, 0) is 61.4 Å². The number of carbonyl (C=O) groups is 1. The van der Waals surface area contributed by atoms with Crippen LogP contribution in [0, 0.1) is 11.3 Å². The van der Waals surface area contributed by atoms with E-state index in [1.165, 1.54) is 12.1 Å². The maximum Gasteiger partial charge on any atom is 0.416 e. The highest BCUT2D eigenvalue weighted by Gasteiger charge is 2.42. The fraction of sp³-hybridized carbons (Fsp3) is 0.565. The van der Waals surface area contributed by atoms with Gasteiger partial charge >= 0.3 is 6.18 Å². The predicted octanol–water partition coefficient (Wildman–Crippen LogP) is 3.75. The quantitative estimate of drug-likeness (QED) is 0.604. The molecule has 1 aliphatic heterocycles. The smallest absolute Gasteiger partial charge is 0.365 e. The second kappa shape index (κ2) is 8.64. The Labute approximate surface area is 191 Å². The average Bonchev–Trinajstić information content (AvgIpc) is 3.15. The molecule has 2 aliphatic rings. The molecule has 4 rings (SSSR count). The number of alkyl halides is 3. The molecule has 1 saturated carbocycles. The Morgan fingerprint density at radius 3 is 2.42 bits per heavy atom. The molecule has 1 saturated heterocycles. The van der Waals surface area contributed by atoms with Crippen LogP contribution in [0.5, 0.6) is 0 Å². The largest absolute Gasteiger partial charge is 0.416 e. The number of aromatic nitrogens is 2. The summed E-state index contributed by atoms with van der Waals surface area (Å²) >= 11 is 0. The molecular weight excluding hydrogens is 433 g/mol. The molecule has 0 bridgehead atoms. The third kappa shape index (κ3) is 5.01. The minimum atomic E-state index is -4.42. The van der Waals surface area contributed by atoms with Crippen molar-refractivity contribution in [1.82, 2.24) is 14.7 Å². The summed E-state index contributed by atoms with van der Waals surface area (Å²) in [6, 6.07) is 5.09. The monoisotopic (exact) mass is 464 g/mol. The van der Waals surface area contributed by atoms with Crippen LogP contribution in [0.2, 0.25) is 0 Å². The van der Waals surface area contributed by atoms with E-state index < -0.39 is 17.6 Å². The summed E-state index contributed by atoms with van der Waals surface area (Å²) in [7, 11) is 0. The highest BCUT2D eigenvalue weighted by atomic mass is 19.4. The lowest BCUT2D eigenvalue weighted by atomic mass is 9.76. The molecule has 2 aromatic rings. The van der Waals surface area contributed by atoms with Gasteiger partial charge in [0.25, 0.3) is 5.91 Å². The molecule has 7 nitrogen and oxygen atoms in total. The van der Waals surface area contributed by atoms with Crippen LogP contribution in [0.4, 0.5) is 24.7 Å². The molecule has 2 fully saturated rings. The third-order valence-electron chi connectivity index (χ3n) is 6.81. The Hall–Kier alpha value is -2.59. The molecule has 5 N–H and O–H groups in total. The maximum atomic E-state index is 12.8. The summed E-state index contributed by atoms with van der Waals surface area (Å²) in [5.41, 5.74) is 11.9. The number of rotatable bonds is 6. The van der Waals surface area contributed by atoms with Crippen molar-refractivity contribution >= 4 is 17.4 Å². The number of nitrogens with one attached hydrogen (secondary N) is 1. The number of primary amides is 1. The zero-order valence-corrected chi connectivity index (χ0v) is 18.9. The van der Waals surface area contributed by atoms with E-state index in [1.54, 1.807) is 10.9 Å². The summed E-state index contributed by atoms with van der Waals surface area (Å²) in [6.07, 6.45) is 0.0634. The molecule has 10 heteroatoms. The number of halogens is 3. The molecule has 0 radical (unpaired) electrons. The number of benzene rings is 1. The first-order valence-electron chi connectivity index (χ1n) is 11.2. The van der Waals surface area contributed by atoms with Crippen LogP contribution in [0.25, 0.3) is 0 Å². The lowest BCUT2D eigenvalue weighted by molar-refractivity contribution is -0.137. The number of likely N-dealkylation sites (tertiary alicyclic amines) is 1. The number of hydrogen-bond donors (Lipinski definition) is 3. The van der Waals surface area contributed by atoms with Crippen LogP contribution in [-0.4, -0.2) is 46.3 Å². The Morgan fingerprint density at radius 1 is 1.21 bits per heavy atom. The summed E-state index contributed by atoms with van der Waals surface area (Å²) < 4.78 is 40.2. The summed E-state index contributed by atoms with van der Waals surface area (Å²) in [5.74, 6) is -0.229. The van der Waals surface area contributed by atoms with E-state index in [4.69, 9.17) is 11.5 Å². The number of amides is 1. The van der Waals surface area contributed by atoms with Gasteiger partial charge in [0.2, 0.25) is 0 Å². The van der Waals surface area contributed by atoms with E-state index in [0.717, 1.165) is 44.5 Å². The van der Waals surface area contributed by atoms with Gasteiger partial charge in [0.15, 0.2) is 5.82 Å². The number of carbonyl (C=O) groups excluding carboxylic acids is 1. The van der Waals surface area contributed by atoms with E-state index in [-0.39, 0.29) is 23.3 Å². The molecule has 0 unspecified atom stereocenters. The van der Waals surface area contributed by atoms with Crippen molar-refractivity contribution in [3.63, 3.8) is 0 Å². The van der Waals surface area contributed by atoms with Gasteiger partial charge in [0.1, 0.15) is 5.56 Å². The number of hydrogen-bond acceptors (Lipinski definition) is 5. The van der Waals surface area contributed by atoms with Crippen molar-refractivity contribution < 1.29 is 18.0 Å². The first-order valence-corrected chi connectivity index (χ1v) is 11.2. The number of nitrogens with two attached hydrogens (primary N) is 2. The first kappa shape index (κ1) is 23.6. The molecule has 0 spiro atoms. The second-order valence-electron chi connectivity index (χ2n) is 10.0. The zero-order chi connectivity index (χ0) is 24.0. The Balaban J connectivity index is 1.51. The summed E-state index contributed by atoms with van der Waals surface area (Å²) in [5, 5.41) is 7.50. The lowest BCUT2D eigenvalue weighted by Gasteiger charge is -2.52. The van der Waals surface area contributed by atoms with Crippen LogP contribution in [0.1, 0.15) is 55.1 Å². The molecule has 180 valence electrons. The molecule has 1 amide bonds. The lowest BCUT2D eigenvalue weighted by Crippen LogP contribution is -2.58. The van der Waals surface area contributed by atoms with Crippen LogP contribution in [-0.2, 0) is 6.18 Å². The maximum absolute atomic E-state index is 12.8. The van der Waals surface area contributed by atoms with Crippen molar-refractivity contribution in [2.24, 2.45) is 22.8 Å². The Morgan fingerprint density at radius 2 is 1.88 bits per heavy atom. The van der Waals surface area contributed by atoms with Crippen molar-refractivity contribution in [1.29, 1.82) is 0 Å². The van der Waals surface area contributed by atoms with Gasteiger partial charge in [-0.1, -0.05) is 13.8 Å². The van der Waals surface area contributed by atoms with Gasteiger partial charge in [-0.25, -0.2) is 0 Å². The third-order valence-corrected chi connectivity index (χ3v) is 6.81.